The SMILES string of the molecule is C/C=C/[C@H](C)CCC. The van der Waals surface area contributed by atoms with Crippen molar-refractivity contribution in [3.05, 3.63) is 12.2 Å². The maximum absolute atomic E-state index is 2.25. The van der Waals surface area contributed by atoms with Crippen molar-refractivity contribution in [3.8, 4) is 0 Å². The van der Waals surface area contributed by atoms with Gasteiger partial charge >= 0.3 is 0 Å². The van der Waals surface area contributed by atoms with E-state index in [2.05, 4.69) is 32.9 Å². The predicted octanol–water partition coefficient (Wildman–Crippen LogP) is 3.00. The van der Waals surface area contributed by atoms with E-state index in [1.807, 2.05) is 0 Å². The largest absolute Gasteiger partial charge is 0.0914 e. The average molecular weight is 112 g/mol. The van der Waals surface area contributed by atoms with E-state index in [-0.39, 0.29) is 0 Å². The first-order valence-electron chi connectivity index (χ1n) is 3.44. The molecule has 0 unspecified atom stereocenters. The lowest BCUT2D eigenvalue weighted by molar-refractivity contribution is 0.633. The van der Waals surface area contributed by atoms with Crippen molar-refractivity contribution in [2.45, 2.75) is 33.6 Å². The van der Waals surface area contributed by atoms with E-state index >= 15 is 0 Å². The Bertz CT molecular complexity index is 62.4. The normalized spacial score (nSPS) is 14.9. The Morgan fingerprint density at radius 1 is 1.50 bits per heavy atom. The van der Waals surface area contributed by atoms with Crippen LogP contribution in [0, 0.1) is 5.92 Å². The minimum atomic E-state index is 0.782. The lowest BCUT2D eigenvalue weighted by Crippen LogP contribution is -1.85. The molecule has 48 valence electrons. The molecule has 0 rings (SSSR count). The second kappa shape index (κ2) is 4.89. The molecule has 0 spiro atoms. The molecule has 0 aliphatic heterocycles. The molecule has 0 heteroatoms. The maximum Gasteiger partial charge on any atom is -0.0262 e. The van der Waals surface area contributed by atoms with Gasteiger partial charge in [0.05, 0.1) is 0 Å². The summed E-state index contributed by atoms with van der Waals surface area (Å²) in [5.41, 5.74) is 0. The highest BCUT2D eigenvalue weighted by Crippen LogP contribution is 2.05. The van der Waals surface area contributed by atoms with Crippen LogP contribution < -0.4 is 0 Å². The Morgan fingerprint density at radius 2 is 2.12 bits per heavy atom. The van der Waals surface area contributed by atoms with Crippen LogP contribution in [0.3, 0.4) is 0 Å². The van der Waals surface area contributed by atoms with E-state index in [0.717, 1.165) is 5.92 Å². The third-order valence-corrected chi connectivity index (χ3v) is 1.26. The summed E-state index contributed by atoms with van der Waals surface area (Å²) in [5.74, 6) is 0.782. The zero-order valence-electron chi connectivity index (χ0n) is 6.15. The minimum Gasteiger partial charge on any atom is -0.0914 e. The molecular formula is C8H16. The molecule has 0 heterocycles. The number of allylic oxidation sites excluding steroid dienone is 2. The van der Waals surface area contributed by atoms with Crippen molar-refractivity contribution >= 4 is 0 Å². The Hall–Kier alpha value is -0.260. The third-order valence-electron chi connectivity index (χ3n) is 1.26. The van der Waals surface area contributed by atoms with Gasteiger partial charge in [-0.05, 0) is 19.3 Å². The van der Waals surface area contributed by atoms with Gasteiger partial charge in [0.2, 0.25) is 0 Å². The first-order chi connectivity index (χ1) is 3.81. The Balaban J connectivity index is 3.17. The lowest BCUT2D eigenvalue weighted by atomic mass is 10.1. The second-order valence-electron chi connectivity index (χ2n) is 2.29. The molecule has 0 saturated carbocycles. The predicted molar refractivity (Wildman–Crippen MR) is 38.9 cm³/mol. The molecule has 0 aliphatic rings. The van der Waals surface area contributed by atoms with Crippen LogP contribution in [0.15, 0.2) is 12.2 Å². The van der Waals surface area contributed by atoms with Gasteiger partial charge in [-0.3, -0.25) is 0 Å². The number of hydrogen-bond acceptors (Lipinski definition) is 0. The van der Waals surface area contributed by atoms with Gasteiger partial charge in [0.1, 0.15) is 0 Å². The fourth-order valence-electron chi connectivity index (χ4n) is 0.880. The molecule has 0 aromatic heterocycles. The topological polar surface area (TPSA) is 0 Å². The van der Waals surface area contributed by atoms with Gasteiger partial charge < -0.3 is 0 Å². The Morgan fingerprint density at radius 3 is 2.50 bits per heavy atom. The first-order valence-corrected chi connectivity index (χ1v) is 3.44. The van der Waals surface area contributed by atoms with Crippen molar-refractivity contribution in [1.29, 1.82) is 0 Å². The smallest absolute Gasteiger partial charge is 0.0262 e. The molecule has 0 saturated heterocycles. The first kappa shape index (κ1) is 7.74. The molecule has 0 radical (unpaired) electrons. The third kappa shape index (κ3) is 3.91. The standard InChI is InChI=1S/C8H16/c1-4-6-8(3)7-5-2/h4,6,8H,5,7H2,1-3H3/b6-4+/t8-/m0/s1. The van der Waals surface area contributed by atoms with Crippen molar-refractivity contribution in [3.63, 3.8) is 0 Å². The highest BCUT2D eigenvalue weighted by molar-refractivity contribution is 4.82. The highest BCUT2D eigenvalue weighted by Gasteiger charge is 1.90. The molecule has 8 heavy (non-hydrogen) atoms. The van der Waals surface area contributed by atoms with E-state index < -0.39 is 0 Å². The van der Waals surface area contributed by atoms with E-state index in [1.165, 1.54) is 12.8 Å². The van der Waals surface area contributed by atoms with Gasteiger partial charge in [-0.25, -0.2) is 0 Å². The van der Waals surface area contributed by atoms with Crippen molar-refractivity contribution in [2.24, 2.45) is 5.92 Å². The Kier molecular flexibility index (Phi) is 4.73. The molecular weight excluding hydrogens is 96.1 g/mol. The summed E-state index contributed by atoms with van der Waals surface area (Å²) in [5, 5.41) is 0. The Labute approximate surface area is 52.6 Å². The van der Waals surface area contributed by atoms with Crippen LogP contribution in [0.25, 0.3) is 0 Å². The fraction of sp³-hybridized carbons (Fsp3) is 0.750. The van der Waals surface area contributed by atoms with Gasteiger partial charge in [-0.2, -0.15) is 0 Å². The molecule has 0 N–H and O–H groups in total. The summed E-state index contributed by atoms with van der Waals surface area (Å²) in [6, 6.07) is 0. The second-order valence-corrected chi connectivity index (χ2v) is 2.29. The van der Waals surface area contributed by atoms with Gasteiger partial charge in [-0.1, -0.05) is 32.4 Å². The molecule has 0 aliphatic carbocycles. The van der Waals surface area contributed by atoms with Gasteiger partial charge in [0, 0.05) is 0 Å². The van der Waals surface area contributed by atoms with Crippen molar-refractivity contribution < 1.29 is 0 Å². The number of rotatable bonds is 3. The van der Waals surface area contributed by atoms with E-state index in [1.54, 1.807) is 0 Å². The van der Waals surface area contributed by atoms with E-state index in [9.17, 15) is 0 Å². The molecule has 0 aromatic rings. The molecule has 0 bridgehead atoms. The van der Waals surface area contributed by atoms with E-state index in [0.29, 0.717) is 0 Å². The zero-order chi connectivity index (χ0) is 6.41. The van der Waals surface area contributed by atoms with Crippen molar-refractivity contribution in [2.75, 3.05) is 0 Å². The summed E-state index contributed by atoms with van der Waals surface area (Å²) in [7, 11) is 0. The van der Waals surface area contributed by atoms with Gasteiger partial charge in [0.15, 0.2) is 0 Å². The molecule has 0 amide bonds. The van der Waals surface area contributed by atoms with E-state index in [4.69, 9.17) is 0 Å². The fourth-order valence-corrected chi connectivity index (χ4v) is 0.880. The molecule has 0 nitrogen and oxygen atoms in total. The highest BCUT2D eigenvalue weighted by atomic mass is 14.0. The lowest BCUT2D eigenvalue weighted by Gasteiger charge is -1.99. The summed E-state index contributed by atoms with van der Waals surface area (Å²) in [6.45, 7) is 6.55. The molecule has 0 aromatic carbocycles. The molecule has 0 fully saturated rings. The summed E-state index contributed by atoms with van der Waals surface area (Å²) < 4.78 is 0. The van der Waals surface area contributed by atoms with Crippen LogP contribution >= 0.6 is 0 Å². The van der Waals surface area contributed by atoms with Crippen LogP contribution in [0.1, 0.15) is 33.6 Å². The summed E-state index contributed by atoms with van der Waals surface area (Å²) >= 11 is 0. The number of hydrogen-bond donors (Lipinski definition) is 0. The average Bonchev–Trinajstić information content (AvgIpc) is 1.68. The van der Waals surface area contributed by atoms with Gasteiger partial charge in [-0.15, -0.1) is 0 Å². The summed E-state index contributed by atoms with van der Waals surface area (Å²) in [6.07, 6.45) is 7.00. The maximum atomic E-state index is 2.25. The van der Waals surface area contributed by atoms with Gasteiger partial charge in [0.25, 0.3) is 0 Å². The van der Waals surface area contributed by atoms with Crippen LogP contribution in [0.2, 0.25) is 0 Å². The summed E-state index contributed by atoms with van der Waals surface area (Å²) in [4.78, 5) is 0. The van der Waals surface area contributed by atoms with Crippen LogP contribution in [0.5, 0.6) is 0 Å². The quantitative estimate of drug-likeness (QED) is 0.492. The zero-order valence-corrected chi connectivity index (χ0v) is 6.15. The monoisotopic (exact) mass is 112 g/mol. The van der Waals surface area contributed by atoms with Crippen LogP contribution in [-0.2, 0) is 0 Å². The van der Waals surface area contributed by atoms with Crippen molar-refractivity contribution in [1.82, 2.24) is 0 Å². The molecule has 1 atom stereocenters. The van der Waals surface area contributed by atoms with Crippen LogP contribution in [-0.4, -0.2) is 0 Å². The van der Waals surface area contributed by atoms with Crippen LogP contribution in [0.4, 0.5) is 0 Å². The minimum absolute atomic E-state index is 0.782.